The van der Waals surface area contributed by atoms with Crippen LogP contribution >= 0.6 is 0 Å². The number of rotatable bonds is 7. The predicted octanol–water partition coefficient (Wildman–Crippen LogP) is 2.78. The Bertz CT molecular complexity index is 795. The van der Waals surface area contributed by atoms with E-state index in [-0.39, 0.29) is 11.8 Å². The molecule has 7 nitrogen and oxygen atoms in total. The van der Waals surface area contributed by atoms with Gasteiger partial charge in [-0.05, 0) is 18.4 Å². The van der Waals surface area contributed by atoms with E-state index in [1.807, 2.05) is 36.3 Å². The normalized spacial score (nSPS) is 15.2. The number of H-pyrrole nitrogens is 1. The van der Waals surface area contributed by atoms with E-state index in [9.17, 15) is 4.79 Å². The topological polar surface area (TPSA) is 85.4 Å². The van der Waals surface area contributed by atoms with Crippen molar-refractivity contribution in [2.45, 2.75) is 38.6 Å². The second kappa shape index (κ2) is 10.6. The van der Waals surface area contributed by atoms with Crippen LogP contribution in [0.1, 0.15) is 37.9 Å². The van der Waals surface area contributed by atoms with Gasteiger partial charge >= 0.3 is 0 Å². The Kier molecular flexibility index (Phi) is 7.67. The molecule has 7 heteroatoms. The van der Waals surface area contributed by atoms with Crippen molar-refractivity contribution in [3.05, 3.63) is 42.4 Å². The van der Waals surface area contributed by atoms with Gasteiger partial charge in [0.05, 0.1) is 18.4 Å². The first-order valence-corrected chi connectivity index (χ1v) is 10.5. The van der Waals surface area contributed by atoms with Gasteiger partial charge in [0.2, 0.25) is 5.91 Å². The maximum Gasteiger partial charge on any atom is 0.223 e. The molecule has 3 N–H and O–H groups in total. The molecule has 0 spiro atoms. The van der Waals surface area contributed by atoms with Crippen molar-refractivity contribution >= 4 is 11.9 Å². The summed E-state index contributed by atoms with van der Waals surface area (Å²) < 4.78 is 0. The highest BCUT2D eigenvalue weighted by Gasteiger charge is 2.20. The van der Waals surface area contributed by atoms with Crippen LogP contribution in [0.2, 0.25) is 0 Å². The van der Waals surface area contributed by atoms with Gasteiger partial charge < -0.3 is 20.5 Å². The van der Waals surface area contributed by atoms with Crippen LogP contribution in [-0.2, 0) is 11.3 Å². The van der Waals surface area contributed by atoms with E-state index >= 15 is 0 Å². The first-order chi connectivity index (χ1) is 14.2. The number of imidazole rings is 1. The largest absolute Gasteiger partial charge is 0.354 e. The van der Waals surface area contributed by atoms with Gasteiger partial charge in [-0.25, -0.2) is 4.98 Å². The van der Waals surface area contributed by atoms with Gasteiger partial charge in [0.1, 0.15) is 5.82 Å². The minimum atomic E-state index is 0.193. The van der Waals surface area contributed by atoms with E-state index in [1.54, 1.807) is 7.05 Å². The van der Waals surface area contributed by atoms with E-state index in [1.165, 1.54) is 19.3 Å². The smallest absolute Gasteiger partial charge is 0.223 e. The Balaban J connectivity index is 1.43. The van der Waals surface area contributed by atoms with E-state index in [2.05, 4.69) is 37.7 Å². The zero-order chi connectivity index (χ0) is 20.5. The number of guanidine groups is 1. The van der Waals surface area contributed by atoms with Gasteiger partial charge in [0.15, 0.2) is 5.96 Å². The summed E-state index contributed by atoms with van der Waals surface area (Å²) in [7, 11) is 3.73. The number of hydrogen-bond donors (Lipinski definition) is 3. The van der Waals surface area contributed by atoms with Crippen molar-refractivity contribution in [2.24, 2.45) is 10.9 Å². The number of nitrogens with one attached hydrogen (secondary N) is 3. The monoisotopic (exact) mass is 396 g/mol. The molecule has 1 aromatic heterocycles. The summed E-state index contributed by atoms with van der Waals surface area (Å²) in [4.78, 5) is 26.4. The highest BCUT2D eigenvalue weighted by molar-refractivity contribution is 5.80. The van der Waals surface area contributed by atoms with Crippen LogP contribution in [-0.4, -0.2) is 53.9 Å². The summed E-state index contributed by atoms with van der Waals surface area (Å²) in [5.74, 6) is 2.04. The molecule has 1 fully saturated rings. The molecule has 1 heterocycles. The summed E-state index contributed by atoms with van der Waals surface area (Å²) >= 11 is 0. The van der Waals surface area contributed by atoms with E-state index < -0.39 is 0 Å². The molecule has 1 aromatic carbocycles. The zero-order valence-electron chi connectivity index (χ0n) is 17.4. The molecule has 0 aliphatic heterocycles. The van der Waals surface area contributed by atoms with Gasteiger partial charge in [-0.1, -0.05) is 49.6 Å². The fraction of sp³-hybridized carbons (Fsp3) is 0.500. The molecule has 0 atom stereocenters. The Morgan fingerprint density at radius 1 is 1.17 bits per heavy atom. The predicted molar refractivity (Wildman–Crippen MR) is 116 cm³/mol. The fourth-order valence-electron chi connectivity index (χ4n) is 3.76. The average molecular weight is 397 g/mol. The summed E-state index contributed by atoms with van der Waals surface area (Å²) in [5.41, 5.74) is 2.12. The first-order valence-electron chi connectivity index (χ1n) is 10.5. The summed E-state index contributed by atoms with van der Waals surface area (Å²) in [6, 6.07) is 10.1. The SMILES string of the molecule is CN=C(NCCNC(=O)C1CCCCC1)N(C)Cc1ncc(-c2ccccc2)[nH]1. The van der Waals surface area contributed by atoms with Crippen LogP contribution in [0.5, 0.6) is 0 Å². The van der Waals surface area contributed by atoms with Crippen LogP contribution in [0.4, 0.5) is 0 Å². The number of aromatic amines is 1. The van der Waals surface area contributed by atoms with Crippen LogP contribution < -0.4 is 10.6 Å². The van der Waals surface area contributed by atoms with Gasteiger partial charge in [-0.15, -0.1) is 0 Å². The molecule has 156 valence electrons. The molecule has 1 aliphatic carbocycles. The number of aromatic nitrogens is 2. The minimum Gasteiger partial charge on any atom is -0.354 e. The Morgan fingerprint density at radius 3 is 2.62 bits per heavy atom. The fourth-order valence-corrected chi connectivity index (χ4v) is 3.76. The Morgan fingerprint density at radius 2 is 1.90 bits per heavy atom. The second-order valence-electron chi connectivity index (χ2n) is 7.57. The van der Waals surface area contributed by atoms with Crippen molar-refractivity contribution in [3.8, 4) is 11.3 Å². The summed E-state index contributed by atoms with van der Waals surface area (Å²) in [6.07, 6.45) is 7.51. The number of amides is 1. The third-order valence-corrected chi connectivity index (χ3v) is 5.36. The Hall–Kier alpha value is -2.83. The molecule has 0 radical (unpaired) electrons. The lowest BCUT2D eigenvalue weighted by atomic mass is 9.89. The van der Waals surface area contributed by atoms with Gasteiger partial charge in [0.25, 0.3) is 0 Å². The molecule has 3 rings (SSSR count). The molecule has 2 aromatic rings. The molecule has 0 unspecified atom stereocenters. The summed E-state index contributed by atoms with van der Waals surface area (Å²) in [6.45, 7) is 1.85. The van der Waals surface area contributed by atoms with Crippen LogP contribution in [0.25, 0.3) is 11.3 Å². The lowest BCUT2D eigenvalue weighted by molar-refractivity contribution is -0.125. The van der Waals surface area contributed by atoms with Gasteiger partial charge in [-0.2, -0.15) is 0 Å². The van der Waals surface area contributed by atoms with Crippen LogP contribution in [0, 0.1) is 5.92 Å². The van der Waals surface area contributed by atoms with Crippen molar-refractivity contribution < 1.29 is 4.79 Å². The molecule has 1 saturated carbocycles. The maximum absolute atomic E-state index is 12.2. The van der Waals surface area contributed by atoms with E-state index in [4.69, 9.17) is 0 Å². The van der Waals surface area contributed by atoms with Crippen molar-refractivity contribution in [1.29, 1.82) is 0 Å². The van der Waals surface area contributed by atoms with Gasteiger partial charge in [-0.3, -0.25) is 9.79 Å². The summed E-state index contributed by atoms with van der Waals surface area (Å²) in [5, 5.41) is 6.35. The van der Waals surface area contributed by atoms with Crippen LogP contribution in [0.3, 0.4) is 0 Å². The molecule has 1 amide bonds. The molecule has 29 heavy (non-hydrogen) atoms. The quantitative estimate of drug-likeness (QED) is 0.382. The van der Waals surface area contributed by atoms with Gasteiger partial charge in [0, 0.05) is 33.1 Å². The highest BCUT2D eigenvalue weighted by Crippen LogP contribution is 2.23. The van der Waals surface area contributed by atoms with E-state index in [0.717, 1.165) is 35.9 Å². The third-order valence-electron chi connectivity index (χ3n) is 5.36. The number of benzene rings is 1. The van der Waals surface area contributed by atoms with Crippen molar-refractivity contribution in [1.82, 2.24) is 25.5 Å². The lowest BCUT2D eigenvalue weighted by Crippen LogP contribution is -2.43. The molecule has 0 bridgehead atoms. The van der Waals surface area contributed by atoms with Crippen molar-refractivity contribution in [2.75, 3.05) is 27.2 Å². The number of nitrogens with zero attached hydrogens (tertiary/aromatic N) is 3. The molecular weight excluding hydrogens is 364 g/mol. The lowest BCUT2D eigenvalue weighted by Gasteiger charge is -2.22. The minimum absolute atomic E-state index is 0.193. The standard InChI is InChI=1S/C22H32N6O/c1-23-22(25-14-13-24-21(29)18-11-7-4-8-12-18)28(2)16-20-26-15-19(27-20)17-9-5-3-6-10-17/h3,5-6,9-10,15,18H,4,7-8,11-14,16H2,1-2H3,(H,23,25)(H,24,29)(H,26,27). The number of aliphatic imine (C=N–C) groups is 1. The van der Waals surface area contributed by atoms with Crippen LogP contribution in [0.15, 0.2) is 41.5 Å². The highest BCUT2D eigenvalue weighted by atomic mass is 16.1. The molecule has 1 aliphatic rings. The van der Waals surface area contributed by atoms with Crippen molar-refractivity contribution in [3.63, 3.8) is 0 Å². The molecule has 0 saturated heterocycles. The average Bonchev–Trinajstić information content (AvgIpc) is 3.23. The molecular formula is C22H32N6O. The first kappa shape index (κ1) is 20.9. The number of hydrogen-bond acceptors (Lipinski definition) is 3. The number of carbonyl (C=O) groups excluding carboxylic acids is 1. The number of carbonyl (C=O) groups is 1. The zero-order valence-corrected chi connectivity index (χ0v) is 17.4. The van der Waals surface area contributed by atoms with E-state index in [0.29, 0.717) is 19.6 Å². The second-order valence-corrected chi connectivity index (χ2v) is 7.57. The third kappa shape index (κ3) is 6.07. The Labute approximate surface area is 173 Å². The maximum atomic E-state index is 12.2.